The lowest BCUT2D eigenvalue weighted by Crippen LogP contribution is -2.43. The van der Waals surface area contributed by atoms with E-state index >= 15 is 0 Å². The van der Waals surface area contributed by atoms with Crippen LogP contribution in [0.2, 0.25) is 0 Å². The highest BCUT2D eigenvalue weighted by Crippen LogP contribution is 2.66. The van der Waals surface area contributed by atoms with Crippen molar-refractivity contribution in [3.05, 3.63) is 12.7 Å². The number of amides is 1. The van der Waals surface area contributed by atoms with E-state index in [1.807, 2.05) is 0 Å². The second kappa shape index (κ2) is 32.6. The summed E-state index contributed by atoms with van der Waals surface area (Å²) in [4.78, 5) is 68.1. The average molecular weight is 939 g/mol. The molecule has 0 saturated carbocycles. The van der Waals surface area contributed by atoms with Crippen molar-refractivity contribution < 1.29 is 61.1 Å². The molecule has 1 aliphatic rings. The number of imidazole rings is 1. The maximum Gasteiger partial charge on any atom is 0.490 e. The van der Waals surface area contributed by atoms with Gasteiger partial charge in [-0.25, -0.2) is 28.6 Å². The zero-order valence-electron chi connectivity index (χ0n) is 38.2. The van der Waals surface area contributed by atoms with Crippen molar-refractivity contribution in [1.82, 2.24) is 44.4 Å². The van der Waals surface area contributed by atoms with E-state index in [1.54, 1.807) is 0 Å². The summed E-state index contributed by atoms with van der Waals surface area (Å²) in [5.74, 6) is 0.0430. The Morgan fingerprint density at radius 3 is 1.46 bits per heavy atom. The van der Waals surface area contributed by atoms with Crippen LogP contribution in [0.15, 0.2) is 12.7 Å². The Kier molecular flexibility index (Phi) is 32.7. The maximum atomic E-state index is 11.9. The molecule has 2 aromatic rings. The molecule has 0 bridgehead atoms. The molecule has 3 heterocycles. The lowest BCUT2D eigenvalue weighted by Gasteiger charge is -2.20. The van der Waals surface area contributed by atoms with Gasteiger partial charge in [0.1, 0.15) is 30.1 Å². The van der Waals surface area contributed by atoms with Gasteiger partial charge in [-0.1, -0.05) is 83.1 Å². The molecule has 0 aliphatic carbocycles. The molecular formula is C35H77N10O13P3. The van der Waals surface area contributed by atoms with Gasteiger partial charge in [-0.2, -0.15) is 8.62 Å². The highest BCUT2D eigenvalue weighted by Gasteiger charge is 2.47. The van der Waals surface area contributed by atoms with Crippen molar-refractivity contribution in [2.45, 2.75) is 108 Å². The van der Waals surface area contributed by atoms with Gasteiger partial charge >= 0.3 is 23.5 Å². The third-order valence-electron chi connectivity index (χ3n) is 9.48. The quantitative estimate of drug-likeness (QED) is 0.0656. The van der Waals surface area contributed by atoms with Crippen molar-refractivity contribution in [1.29, 1.82) is 0 Å². The highest BCUT2D eigenvalue weighted by molar-refractivity contribution is 7.66. The molecule has 8 N–H and O–H groups in total. The summed E-state index contributed by atoms with van der Waals surface area (Å²) in [7, 11) is -16.7. The predicted molar refractivity (Wildman–Crippen MR) is 236 cm³/mol. The molecule has 2 unspecified atom stereocenters. The minimum atomic E-state index is -5.72. The SMILES string of the molecule is CCN(CC)CC.CCN(CC)CC.CCN(CC)CC.CCN(CC)CC.Nc1ncnc2c1ncn2[C@@H]1O[C@H](COP(=O)(O)OP(=O)(O)OP(=O)(O)O)[C@@H](O)[C@@H]1NC=O. The molecule has 1 aliphatic heterocycles. The van der Waals surface area contributed by atoms with Gasteiger partial charge in [-0.05, 0) is 78.5 Å². The first kappa shape index (κ1) is 61.1. The Morgan fingerprint density at radius 2 is 1.11 bits per heavy atom. The zero-order chi connectivity index (χ0) is 47.4. The smallest absolute Gasteiger partial charge is 0.388 e. The molecule has 23 nitrogen and oxygen atoms in total. The van der Waals surface area contributed by atoms with Crippen molar-refractivity contribution in [2.24, 2.45) is 0 Å². The molecule has 6 atom stereocenters. The monoisotopic (exact) mass is 938 g/mol. The number of rotatable bonds is 22. The standard InChI is InChI=1S/C11H17N6O13P3.4C6H15N/c12-9-7-10(14-2-13-9)17(3-15-7)11-6(16-4-18)8(19)5(28-11)1-27-32(23,24)30-33(25,26)29-31(20,21)22;4*1-4-7(5-2)6-3/h2-6,8,11,19H,1H2,(H,16,18)(H,23,24)(H,25,26)(H2,12,13,14)(H2,20,21,22);4*4-6H2,1-3H3/t5-,6+,8-,11-;;;;/m1..../s1. The number of anilines is 1. The van der Waals surface area contributed by atoms with Gasteiger partial charge in [-0.3, -0.25) is 13.9 Å². The van der Waals surface area contributed by atoms with E-state index in [-0.39, 0.29) is 23.4 Å². The zero-order valence-corrected chi connectivity index (χ0v) is 40.9. The van der Waals surface area contributed by atoms with Crippen molar-refractivity contribution in [3.63, 3.8) is 0 Å². The van der Waals surface area contributed by atoms with Crippen LogP contribution in [0.4, 0.5) is 5.82 Å². The Labute approximate surface area is 362 Å². The fraction of sp³-hybridized carbons (Fsp3) is 0.829. The second-order valence-corrected chi connectivity index (χ2v) is 17.2. The molecular weight excluding hydrogens is 861 g/mol. The normalized spacial score (nSPS) is 19.4. The number of ether oxygens (including phenoxy) is 1. The van der Waals surface area contributed by atoms with Crippen molar-refractivity contribution >= 4 is 46.9 Å². The van der Waals surface area contributed by atoms with Crippen LogP contribution in [0.1, 0.15) is 89.3 Å². The van der Waals surface area contributed by atoms with Gasteiger partial charge in [0.05, 0.1) is 12.9 Å². The fourth-order valence-electron chi connectivity index (χ4n) is 5.59. The van der Waals surface area contributed by atoms with E-state index in [0.717, 1.165) is 6.33 Å². The van der Waals surface area contributed by atoms with E-state index in [1.165, 1.54) is 89.4 Å². The molecule has 0 spiro atoms. The summed E-state index contributed by atoms with van der Waals surface area (Å²) in [6.07, 6.45) is -1.51. The first-order chi connectivity index (χ1) is 28.6. The number of nitrogens with two attached hydrogens (primary N) is 1. The summed E-state index contributed by atoms with van der Waals surface area (Å²) in [6, 6.07) is -1.15. The van der Waals surface area contributed by atoms with Gasteiger partial charge in [0.25, 0.3) is 0 Å². The maximum absolute atomic E-state index is 11.9. The number of aromatic nitrogens is 4. The summed E-state index contributed by atoms with van der Waals surface area (Å²) < 4.78 is 52.5. The Morgan fingerprint density at radius 1 is 0.705 bits per heavy atom. The molecule has 26 heteroatoms. The summed E-state index contributed by atoms with van der Waals surface area (Å²) in [5, 5.41) is 12.8. The van der Waals surface area contributed by atoms with Gasteiger partial charge in [-0.15, -0.1) is 0 Å². The molecule has 0 radical (unpaired) electrons. The number of phosphoric ester groups is 1. The van der Waals surface area contributed by atoms with Crippen LogP contribution in [-0.2, 0) is 36.4 Å². The number of aliphatic hydroxyl groups excluding tert-OH is 1. The molecule has 1 amide bonds. The Hall–Kier alpha value is -2.01. The molecule has 61 heavy (non-hydrogen) atoms. The number of carbonyl (C=O) groups excluding carboxylic acids is 1. The van der Waals surface area contributed by atoms with E-state index in [0.29, 0.717) is 0 Å². The number of nitrogen functional groups attached to an aromatic ring is 1. The van der Waals surface area contributed by atoms with Crippen molar-refractivity contribution in [3.8, 4) is 0 Å². The highest BCUT2D eigenvalue weighted by atomic mass is 31.3. The Bertz CT molecular complexity index is 1510. The second-order valence-electron chi connectivity index (χ2n) is 12.8. The number of hydrogen-bond donors (Lipinski definition) is 7. The fourth-order valence-corrected chi connectivity index (χ4v) is 8.62. The first-order valence-corrected chi connectivity index (χ1v) is 25.3. The van der Waals surface area contributed by atoms with E-state index in [4.69, 9.17) is 20.3 Å². The lowest BCUT2D eigenvalue weighted by atomic mass is 10.1. The number of fused-ring (bicyclic) bond motifs is 1. The Balaban J connectivity index is 0. The third-order valence-corrected chi connectivity index (χ3v) is 13.3. The van der Waals surface area contributed by atoms with Crippen LogP contribution in [0, 0.1) is 0 Å². The molecule has 2 aromatic heterocycles. The van der Waals surface area contributed by atoms with Crippen molar-refractivity contribution in [2.75, 3.05) is 90.9 Å². The van der Waals surface area contributed by atoms with Crippen LogP contribution in [-0.4, -0.2) is 174 Å². The first-order valence-electron chi connectivity index (χ1n) is 20.8. The number of hydrogen-bond acceptors (Lipinski definition) is 17. The van der Waals surface area contributed by atoms with Gasteiger partial charge < -0.3 is 60.1 Å². The summed E-state index contributed by atoms with van der Waals surface area (Å²) in [6.45, 7) is 39.6. The minimum Gasteiger partial charge on any atom is -0.388 e. The van der Waals surface area contributed by atoms with E-state index in [9.17, 15) is 33.4 Å². The number of carbonyl (C=O) groups is 1. The number of nitrogens with one attached hydrogen (secondary N) is 1. The number of aliphatic hydroxyl groups is 1. The summed E-state index contributed by atoms with van der Waals surface area (Å²) >= 11 is 0. The molecule has 360 valence electrons. The molecule has 1 fully saturated rings. The topological polar surface area (TPSA) is 301 Å². The van der Waals surface area contributed by atoms with Crippen LogP contribution < -0.4 is 11.1 Å². The van der Waals surface area contributed by atoms with E-state index < -0.39 is 54.6 Å². The minimum absolute atomic E-state index is 0.0430. The average Bonchev–Trinajstić information content (AvgIpc) is 3.77. The van der Waals surface area contributed by atoms with Crippen LogP contribution in [0.25, 0.3) is 11.2 Å². The molecule has 3 rings (SSSR count). The van der Waals surface area contributed by atoms with Crippen LogP contribution in [0.3, 0.4) is 0 Å². The van der Waals surface area contributed by atoms with Gasteiger partial charge in [0.15, 0.2) is 17.7 Å². The van der Waals surface area contributed by atoms with Crippen LogP contribution in [0.5, 0.6) is 0 Å². The largest absolute Gasteiger partial charge is 0.490 e. The van der Waals surface area contributed by atoms with Gasteiger partial charge in [0, 0.05) is 0 Å². The predicted octanol–water partition coefficient (Wildman–Crippen LogP) is 3.52. The van der Waals surface area contributed by atoms with Crippen LogP contribution >= 0.6 is 23.5 Å². The number of phosphoric acid groups is 3. The molecule has 1 saturated heterocycles. The molecule has 0 aromatic carbocycles. The lowest BCUT2D eigenvalue weighted by molar-refractivity contribution is -0.111. The summed E-state index contributed by atoms with van der Waals surface area (Å²) in [5.41, 5.74) is 6.08. The van der Waals surface area contributed by atoms with E-state index in [2.05, 4.69) is 136 Å². The third kappa shape index (κ3) is 24.6. The van der Waals surface area contributed by atoms with Gasteiger partial charge in [0.2, 0.25) is 6.41 Å². The number of nitrogens with zero attached hydrogens (tertiary/aromatic N) is 8.